The molecule has 1 unspecified atom stereocenters. The Morgan fingerprint density at radius 1 is 1.28 bits per heavy atom. The molecule has 0 aromatic heterocycles. The van der Waals surface area contributed by atoms with E-state index in [0.717, 1.165) is 45.4 Å². The molecule has 0 amide bonds. The summed E-state index contributed by atoms with van der Waals surface area (Å²) in [5.74, 6) is 0.830. The van der Waals surface area contributed by atoms with Crippen LogP contribution in [0.3, 0.4) is 0 Å². The average Bonchev–Trinajstić information content (AvgIpc) is 2.62. The number of hydrogen-bond acceptors (Lipinski definition) is 4. The second-order valence-corrected chi connectivity index (χ2v) is 5.96. The van der Waals surface area contributed by atoms with E-state index in [1.165, 1.54) is 5.56 Å². The van der Waals surface area contributed by atoms with Crippen LogP contribution in [0.4, 0.5) is 0 Å². The zero-order valence-electron chi connectivity index (χ0n) is 15.2. The summed E-state index contributed by atoms with van der Waals surface area (Å²) in [6.07, 6.45) is 0. The molecular formula is C18H31IN4O2. The van der Waals surface area contributed by atoms with Crippen LogP contribution in [0.2, 0.25) is 0 Å². The van der Waals surface area contributed by atoms with Crippen molar-refractivity contribution >= 4 is 29.9 Å². The topological polar surface area (TPSA) is 58.1 Å². The summed E-state index contributed by atoms with van der Waals surface area (Å²) in [5.41, 5.74) is 1.20. The standard InChI is InChI=1S/C18H30N4O2.HI/c1-16-15-24-13-11-22(16)10-8-19-18(20-9-12-23-2)21-14-17-6-4-3-5-7-17;/h3-7,16H,8-15H2,1-2H3,(H2,19,20,21);1H. The number of guanidine groups is 1. The van der Waals surface area contributed by atoms with Gasteiger partial charge in [0.05, 0.1) is 26.4 Å². The van der Waals surface area contributed by atoms with Crippen molar-refractivity contribution in [1.82, 2.24) is 15.5 Å². The van der Waals surface area contributed by atoms with Gasteiger partial charge in [-0.15, -0.1) is 24.0 Å². The first-order chi connectivity index (χ1) is 11.8. The molecule has 142 valence electrons. The Bertz CT molecular complexity index is 487. The van der Waals surface area contributed by atoms with Crippen LogP contribution < -0.4 is 10.6 Å². The maximum Gasteiger partial charge on any atom is 0.191 e. The van der Waals surface area contributed by atoms with Gasteiger partial charge in [-0.05, 0) is 12.5 Å². The van der Waals surface area contributed by atoms with E-state index in [2.05, 4.69) is 39.6 Å². The lowest BCUT2D eigenvalue weighted by Crippen LogP contribution is -2.48. The molecule has 1 heterocycles. The van der Waals surface area contributed by atoms with Gasteiger partial charge in [0.25, 0.3) is 0 Å². The fourth-order valence-corrected chi connectivity index (χ4v) is 2.61. The van der Waals surface area contributed by atoms with Crippen LogP contribution in [0.1, 0.15) is 12.5 Å². The van der Waals surface area contributed by atoms with Gasteiger partial charge in [0, 0.05) is 39.3 Å². The third-order valence-corrected chi connectivity index (χ3v) is 4.06. The molecule has 1 aliphatic rings. The third-order valence-electron chi connectivity index (χ3n) is 4.06. The number of nitrogens with one attached hydrogen (secondary N) is 2. The molecule has 7 heteroatoms. The molecule has 1 fully saturated rings. The number of nitrogens with zero attached hydrogens (tertiary/aromatic N) is 2. The molecule has 0 spiro atoms. The number of halogens is 1. The van der Waals surface area contributed by atoms with Crippen molar-refractivity contribution in [3.8, 4) is 0 Å². The summed E-state index contributed by atoms with van der Waals surface area (Å²) in [5, 5.41) is 6.73. The quantitative estimate of drug-likeness (QED) is 0.267. The van der Waals surface area contributed by atoms with E-state index in [-0.39, 0.29) is 24.0 Å². The van der Waals surface area contributed by atoms with Crippen LogP contribution in [-0.4, -0.2) is 70.0 Å². The van der Waals surface area contributed by atoms with Crippen LogP contribution >= 0.6 is 24.0 Å². The molecule has 1 saturated heterocycles. The van der Waals surface area contributed by atoms with Gasteiger partial charge in [-0.3, -0.25) is 4.90 Å². The van der Waals surface area contributed by atoms with Gasteiger partial charge in [0.15, 0.2) is 5.96 Å². The van der Waals surface area contributed by atoms with Crippen molar-refractivity contribution in [3.05, 3.63) is 35.9 Å². The van der Waals surface area contributed by atoms with Crippen LogP contribution in [-0.2, 0) is 16.0 Å². The summed E-state index contributed by atoms with van der Waals surface area (Å²) < 4.78 is 10.6. The van der Waals surface area contributed by atoms with Crippen LogP contribution in [0.5, 0.6) is 0 Å². The highest BCUT2D eigenvalue weighted by Crippen LogP contribution is 2.04. The van der Waals surface area contributed by atoms with Crippen molar-refractivity contribution in [2.75, 3.05) is 53.1 Å². The van der Waals surface area contributed by atoms with E-state index < -0.39 is 0 Å². The molecule has 6 nitrogen and oxygen atoms in total. The van der Waals surface area contributed by atoms with Crippen molar-refractivity contribution in [3.63, 3.8) is 0 Å². The number of rotatable bonds is 8. The predicted octanol–water partition coefficient (Wildman–Crippen LogP) is 1.71. The maximum atomic E-state index is 5.48. The number of aliphatic imine (C=N–C) groups is 1. The van der Waals surface area contributed by atoms with E-state index in [1.54, 1.807) is 7.11 Å². The summed E-state index contributed by atoms with van der Waals surface area (Å²) in [6, 6.07) is 10.8. The first-order valence-corrected chi connectivity index (χ1v) is 8.66. The van der Waals surface area contributed by atoms with Gasteiger partial charge in [-0.2, -0.15) is 0 Å². The SMILES string of the molecule is COCCNC(=NCc1ccccc1)NCCN1CCOCC1C.I. The summed E-state index contributed by atoms with van der Waals surface area (Å²) in [7, 11) is 1.70. The van der Waals surface area contributed by atoms with Gasteiger partial charge in [0.2, 0.25) is 0 Å². The highest BCUT2D eigenvalue weighted by atomic mass is 127. The molecule has 0 radical (unpaired) electrons. The Labute approximate surface area is 168 Å². The Hall–Kier alpha value is -0.900. The van der Waals surface area contributed by atoms with Crippen molar-refractivity contribution in [2.45, 2.75) is 19.5 Å². The highest BCUT2D eigenvalue weighted by Gasteiger charge is 2.17. The van der Waals surface area contributed by atoms with E-state index in [1.807, 2.05) is 18.2 Å². The number of ether oxygens (including phenoxy) is 2. The van der Waals surface area contributed by atoms with Gasteiger partial charge >= 0.3 is 0 Å². The largest absolute Gasteiger partial charge is 0.383 e. The molecule has 0 aliphatic carbocycles. The van der Waals surface area contributed by atoms with Crippen molar-refractivity contribution in [2.24, 2.45) is 4.99 Å². The molecule has 1 aromatic carbocycles. The summed E-state index contributed by atoms with van der Waals surface area (Å²) >= 11 is 0. The van der Waals surface area contributed by atoms with Crippen LogP contribution in [0.15, 0.2) is 35.3 Å². The Morgan fingerprint density at radius 2 is 2.04 bits per heavy atom. The minimum atomic E-state index is 0. The van der Waals surface area contributed by atoms with E-state index in [9.17, 15) is 0 Å². The Morgan fingerprint density at radius 3 is 2.76 bits per heavy atom. The third kappa shape index (κ3) is 8.84. The Balaban J connectivity index is 0.00000312. The smallest absolute Gasteiger partial charge is 0.191 e. The molecule has 25 heavy (non-hydrogen) atoms. The van der Waals surface area contributed by atoms with Crippen molar-refractivity contribution < 1.29 is 9.47 Å². The minimum Gasteiger partial charge on any atom is -0.383 e. The lowest BCUT2D eigenvalue weighted by Gasteiger charge is -2.33. The fourth-order valence-electron chi connectivity index (χ4n) is 2.61. The molecule has 0 saturated carbocycles. The van der Waals surface area contributed by atoms with Crippen LogP contribution in [0, 0.1) is 0 Å². The first-order valence-electron chi connectivity index (χ1n) is 8.66. The van der Waals surface area contributed by atoms with E-state index >= 15 is 0 Å². The molecular weight excluding hydrogens is 431 g/mol. The Kier molecular flexibility index (Phi) is 11.8. The lowest BCUT2D eigenvalue weighted by atomic mass is 10.2. The molecule has 2 rings (SSSR count). The van der Waals surface area contributed by atoms with E-state index in [4.69, 9.17) is 9.47 Å². The molecule has 1 aromatic rings. The molecule has 1 atom stereocenters. The molecule has 2 N–H and O–H groups in total. The van der Waals surface area contributed by atoms with Crippen LogP contribution in [0.25, 0.3) is 0 Å². The van der Waals surface area contributed by atoms with Gasteiger partial charge in [0.1, 0.15) is 0 Å². The number of benzene rings is 1. The van der Waals surface area contributed by atoms with Gasteiger partial charge in [-0.25, -0.2) is 4.99 Å². The second-order valence-electron chi connectivity index (χ2n) is 5.96. The molecule has 1 aliphatic heterocycles. The van der Waals surface area contributed by atoms with Gasteiger partial charge in [-0.1, -0.05) is 30.3 Å². The number of hydrogen-bond donors (Lipinski definition) is 2. The zero-order chi connectivity index (χ0) is 17.0. The average molecular weight is 462 g/mol. The lowest BCUT2D eigenvalue weighted by molar-refractivity contribution is 0.000877. The molecule has 0 bridgehead atoms. The minimum absolute atomic E-state index is 0. The highest BCUT2D eigenvalue weighted by molar-refractivity contribution is 14.0. The predicted molar refractivity (Wildman–Crippen MR) is 113 cm³/mol. The van der Waals surface area contributed by atoms with Gasteiger partial charge < -0.3 is 20.1 Å². The van der Waals surface area contributed by atoms with Crippen molar-refractivity contribution in [1.29, 1.82) is 0 Å². The summed E-state index contributed by atoms with van der Waals surface area (Å²) in [6.45, 7) is 8.76. The summed E-state index contributed by atoms with van der Waals surface area (Å²) in [4.78, 5) is 7.11. The first kappa shape index (κ1) is 22.1. The zero-order valence-corrected chi connectivity index (χ0v) is 17.6. The number of morpholine rings is 1. The van der Waals surface area contributed by atoms with E-state index in [0.29, 0.717) is 19.2 Å². The maximum absolute atomic E-state index is 5.48. The monoisotopic (exact) mass is 462 g/mol. The number of methoxy groups -OCH3 is 1. The normalized spacial score (nSPS) is 18.5. The second kappa shape index (κ2) is 13.3. The fraction of sp³-hybridized carbons (Fsp3) is 0.611.